The van der Waals surface area contributed by atoms with Gasteiger partial charge in [0.25, 0.3) is 0 Å². The van der Waals surface area contributed by atoms with Crippen LogP contribution in [0.5, 0.6) is 0 Å². The summed E-state index contributed by atoms with van der Waals surface area (Å²) in [5.41, 5.74) is 3.86. The van der Waals surface area contributed by atoms with Crippen molar-refractivity contribution >= 4 is 17.5 Å². The third-order valence-electron chi connectivity index (χ3n) is 6.44. The number of anilines is 2. The molecule has 4 heterocycles. The normalized spacial score (nSPS) is 20.6. The minimum absolute atomic E-state index is 0.286. The van der Waals surface area contributed by atoms with Crippen molar-refractivity contribution in [2.24, 2.45) is 5.92 Å². The van der Waals surface area contributed by atoms with E-state index in [4.69, 9.17) is 4.98 Å². The van der Waals surface area contributed by atoms with Crippen molar-refractivity contribution in [1.82, 2.24) is 24.8 Å². The van der Waals surface area contributed by atoms with Gasteiger partial charge in [-0.3, -0.25) is 14.7 Å². The highest BCUT2D eigenvalue weighted by atomic mass is 16.2. The van der Waals surface area contributed by atoms with Crippen molar-refractivity contribution in [1.29, 1.82) is 0 Å². The van der Waals surface area contributed by atoms with Crippen LogP contribution in [0.15, 0.2) is 24.4 Å². The van der Waals surface area contributed by atoms with Gasteiger partial charge in [0, 0.05) is 42.6 Å². The smallest absolute Gasteiger partial charge is 0.236 e. The first kappa shape index (κ1) is 21.7. The van der Waals surface area contributed by atoms with Gasteiger partial charge in [-0.1, -0.05) is 6.92 Å². The summed E-state index contributed by atoms with van der Waals surface area (Å²) in [6.45, 7) is 10.5. The predicted octanol–water partition coefficient (Wildman–Crippen LogP) is 3.67. The zero-order valence-corrected chi connectivity index (χ0v) is 19.0. The first-order chi connectivity index (χ1) is 15.0. The largest absolute Gasteiger partial charge is 0.342 e. The molecule has 1 amide bonds. The number of nitrogens with one attached hydrogen (secondary N) is 1. The van der Waals surface area contributed by atoms with Gasteiger partial charge in [-0.05, 0) is 70.2 Å². The Bertz CT molecular complexity index is 871. The van der Waals surface area contributed by atoms with E-state index in [2.05, 4.69) is 38.1 Å². The molecule has 2 aromatic heterocycles. The molecule has 1 atom stereocenters. The fourth-order valence-corrected chi connectivity index (χ4v) is 4.62. The third-order valence-corrected chi connectivity index (χ3v) is 6.44. The first-order valence-corrected chi connectivity index (χ1v) is 11.5. The van der Waals surface area contributed by atoms with Gasteiger partial charge >= 0.3 is 0 Å². The molecule has 1 N–H and O–H groups in total. The van der Waals surface area contributed by atoms with E-state index >= 15 is 0 Å². The minimum atomic E-state index is 0.286. The van der Waals surface area contributed by atoms with Crippen LogP contribution in [-0.2, 0) is 4.79 Å². The van der Waals surface area contributed by atoms with Gasteiger partial charge in [-0.15, -0.1) is 0 Å². The number of aryl methyl sites for hydroxylation is 2. The Morgan fingerprint density at radius 3 is 2.52 bits per heavy atom. The first-order valence-electron chi connectivity index (χ1n) is 11.5. The van der Waals surface area contributed by atoms with Gasteiger partial charge in [0.15, 0.2) is 0 Å². The molecule has 7 heteroatoms. The molecule has 2 aliphatic heterocycles. The molecule has 0 saturated carbocycles. The number of likely N-dealkylation sites (tertiary alicyclic amines) is 2. The summed E-state index contributed by atoms with van der Waals surface area (Å²) in [6.07, 6.45) is 6.34. The molecule has 0 spiro atoms. The zero-order valence-electron chi connectivity index (χ0n) is 19.0. The summed E-state index contributed by atoms with van der Waals surface area (Å²) in [7, 11) is 0. The van der Waals surface area contributed by atoms with E-state index in [-0.39, 0.29) is 5.91 Å². The summed E-state index contributed by atoms with van der Waals surface area (Å²) in [6, 6.07) is 6.09. The molecule has 31 heavy (non-hydrogen) atoms. The maximum Gasteiger partial charge on any atom is 0.236 e. The van der Waals surface area contributed by atoms with Crippen molar-refractivity contribution < 1.29 is 4.79 Å². The lowest BCUT2D eigenvalue weighted by Gasteiger charge is -2.35. The Morgan fingerprint density at radius 1 is 1.10 bits per heavy atom. The maximum absolute atomic E-state index is 12.7. The van der Waals surface area contributed by atoms with Gasteiger partial charge < -0.3 is 10.2 Å². The number of hydrogen-bond donors (Lipinski definition) is 1. The molecule has 2 aliphatic rings. The van der Waals surface area contributed by atoms with Crippen LogP contribution in [0.3, 0.4) is 0 Å². The molecule has 1 unspecified atom stereocenters. The number of rotatable bonds is 5. The highest BCUT2D eigenvalue weighted by Crippen LogP contribution is 2.27. The lowest BCUT2D eigenvalue weighted by molar-refractivity contribution is -0.134. The SMILES string of the molecule is Cc1cc(C)nc(Nc2ccc(C3CCCN(CC(=O)N4CCC(C)CC4)C3)nc2)n1. The average molecular weight is 423 g/mol. The van der Waals surface area contributed by atoms with Gasteiger partial charge in [-0.2, -0.15) is 0 Å². The van der Waals surface area contributed by atoms with Crippen LogP contribution >= 0.6 is 0 Å². The van der Waals surface area contributed by atoms with Crippen LogP contribution in [0.1, 0.15) is 55.6 Å². The Morgan fingerprint density at radius 2 is 1.84 bits per heavy atom. The Balaban J connectivity index is 1.33. The summed E-state index contributed by atoms with van der Waals surface area (Å²) < 4.78 is 0. The molecule has 0 aliphatic carbocycles. The second-order valence-corrected chi connectivity index (χ2v) is 9.21. The molecule has 0 aromatic carbocycles. The van der Waals surface area contributed by atoms with Gasteiger partial charge in [0.05, 0.1) is 18.4 Å². The van der Waals surface area contributed by atoms with E-state index in [0.717, 1.165) is 80.5 Å². The van der Waals surface area contributed by atoms with Crippen LogP contribution in [0.25, 0.3) is 0 Å². The standard InChI is InChI=1S/C24H34N6O/c1-17-8-11-30(12-9-17)23(31)16-29-10-4-5-20(15-29)22-7-6-21(14-25-22)28-24-26-18(2)13-19(3)27-24/h6-7,13-14,17,20H,4-5,8-12,15-16H2,1-3H3,(H,26,27,28). The lowest BCUT2D eigenvalue weighted by Crippen LogP contribution is -2.46. The molecule has 2 fully saturated rings. The number of amides is 1. The van der Waals surface area contributed by atoms with Crippen molar-refractivity contribution in [3.05, 3.63) is 41.5 Å². The van der Waals surface area contributed by atoms with Crippen molar-refractivity contribution in [3.8, 4) is 0 Å². The van der Waals surface area contributed by atoms with Gasteiger partial charge in [0.1, 0.15) is 0 Å². The van der Waals surface area contributed by atoms with Crippen LogP contribution < -0.4 is 5.32 Å². The molecule has 166 valence electrons. The topological polar surface area (TPSA) is 74.2 Å². The quantitative estimate of drug-likeness (QED) is 0.792. The number of carbonyl (C=O) groups is 1. The highest BCUT2D eigenvalue weighted by Gasteiger charge is 2.26. The fourth-order valence-electron chi connectivity index (χ4n) is 4.62. The second kappa shape index (κ2) is 9.73. The summed E-state index contributed by atoms with van der Waals surface area (Å²) >= 11 is 0. The molecule has 0 bridgehead atoms. The molecule has 2 aromatic rings. The van der Waals surface area contributed by atoms with E-state index in [9.17, 15) is 4.79 Å². The lowest BCUT2D eigenvalue weighted by atomic mass is 9.94. The Hall–Kier alpha value is -2.54. The van der Waals surface area contributed by atoms with Crippen LogP contribution in [0.2, 0.25) is 0 Å². The van der Waals surface area contributed by atoms with E-state index in [1.165, 1.54) is 0 Å². The maximum atomic E-state index is 12.7. The molecule has 0 radical (unpaired) electrons. The highest BCUT2D eigenvalue weighted by molar-refractivity contribution is 5.78. The summed E-state index contributed by atoms with van der Waals surface area (Å²) in [4.78, 5) is 30.7. The Kier molecular flexibility index (Phi) is 6.80. The van der Waals surface area contributed by atoms with E-state index < -0.39 is 0 Å². The van der Waals surface area contributed by atoms with Crippen LogP contribution in [0, 0.1) is 19.8 Å². The predicted molar refractivity (Wildman–Crippen MR) is 122 cm³/mol. The molecular weight excluding hydrogens is 388 g/mol. The third kappa shape index (κ3) is 5.79. The van der Waals surface area contributed by atoms with E-state index in [0.29, 0.717) is 18.4 Å². The number of piperidine rings is 2. The molecule has 2 saturated heterocycles. The van der Waals surface area contributed by atoms with Crippen molar-refractivity contribution in [2.45, 2.75) is 52.4 Å². The number of aromatic nitrogens is 3. The molecule has 4 rings (SSSR count). The van der Waals surface area contributed by atoms with Crippen molar-refractivity contribution in [3.63, 3.8) is 0 Å². The number of nitrogens with zero attached hydrogens (tertiary/aromatic N) is 5. The van der Waals surface area contributed by atoms with Crippen molar-refractivity contribution in [2.75, 3.05) is 38.0 Å². The van der Waals surface area contributed by atoms with Crippen LogP contribution in [-0.4, -0.2) is 63.4 Å². The summed E-state index contributed by atoms with van der Waals surface area (Å²) in [5, 5.41) is 3.24. The monoisotopic (exact) mass is 422 g/mol. The number of pyridine rings is 1. The molecular formula is C24H34N6O. The fraction of sp³-hybridized carbons (Fsp3) is 0.583. The zero-order chi connectivity index (χ0) is 21.8. The number of hydrogen-bond acceptors (Lipinski definition) is 6. The van der Waals surface area contributed by atoms with Gasteiger partial charge in [-0.25, -0.2) is 9.97 Å². The summed E-state index contributed by atoms with van der Waals surface area (Å²) in [5.74, 6) is 2.00. The second-order valence-electron chi connectivity index (χ2n) is 9.21. The average Bonchev–Trinajstić information content (AvgIpc) is 2.74. The number of carbonyl (C=O) groups excluding carboxylic acids is 1. The van der Waals surface area contributed by atoms with Gasteiger partial charge in [0.2, 0.25) is 11.9 Å². The molecule has 7 nitrogen and oxygen atoms in total. The van der Waals surface area contributed by atoms with E-state index in [1.54, 1.807) is 0 Å². The Labute approximate surface area is 185 Å². The van der Waals surface area contributed by atoms with E-state index in [1.807, 2.05) is 32.2 Å². The minimum Gasteiger partial charge on any atom is -0.342 e. The van der Waals surface area contributed by atoms with Crippen LogP contribution in [0.4, 0.5) is 11.6 Å².